The molecule has 0 saturated carbocycles. The average molecular weight is 235 g/mol. The summed E-state index contributed by atoms with van der Waals surface area (Å²) in [7, 11) is 0. The van der Waals surface area contributed by atoms with Gasteiger partial charge in [-0.1, -0.05) is 0 Å². The third-order valence-electron chi connectivity index (χ3n) is 3.21. The van der Waals surface area contributed by atoms with Crippen molar-refractivity contribution in [3.8, 4) is 0 Å². The van der Waals surface area contributed by atoms with Gasteiger partial charge >= 0.3 is 0 Å². The summed E-state index contributed by atoms with van der Waals surface area (Å²) < 4.78 is 0. The van der Waals surface area contributed by atoms with Crippen molar-refractivity contribution in [2.75, 3.05) is 13.2 Å². The number of amides is 1. The first-order valence-electron chi connectivity index (χ1n) is 5.91. The molecule has 1 atom stereocenters. The number of hydrogen-bond acceptors (Lipinski definition) is 4. The van der Waals surface area contributed by atoms with E-state index in [4.69, 9.17) is 5.11 Å². The van der Waals surface area contributed by atoms with Crippen LogP contribution in [-0.4, -0.2) is 39.0 Å². The normalized spacial score (nSPS) is 20.4. The molecule has 1 aliphatic heterocycles. The van der Waals surface area contributed by atoms with Gasteiger partial charge in [-0.3, -0.25) is 4.79 Å². The molecule has 0 unspecified atom stereocenters. The Balaban J connectivity index is 2.28. The van der Waals surface area contributed by atoms with Gasteiger partial charge in [0.05, 0.1) is 11.7 Å². The topological polar surface area (TPSA) is 66.3 Å². The molecule has 1 aliphatic rings. The van der Waals surface area contributed by atoms with Crippen LogP contribution in [0.25, 0.3) is 0 Å². The molecule has 1 aromatic heterocycles. The van der Waals surface area contributed by atoms with Crippen LogP contribution in [0, 0.1) is 6.92 Å². The molecule has 1 aromatic rings. The number of carbonyl (C=O) groups excluding carboxylic acids is 1. The number of nitrogens with zero attached hydrogens (tertiary/aromatic N) is 3. The lowest BCUT2D eigenvalue weighted by molar-refractivity contribution is -0.138. The third-order valence-corrected chi connectivity index (χ3v) is 3.21. The van der Waals surface area contributed by atoms with Crippen LogP contribution in [0.1, 0.15) is 36.6 Å². The maximum absolute atomic E-state index is 11.7. The summed E-state index contributed by atoms with van der Waals surface area (Å²) in [6, 6.07) is -0.00796. The molecule has 1 fully saturated rings. The summed E-state index contributed by atoms with van der Waals surface area (Å²) in [5, 5.41) is 9.00. The second-order valence-electron chi connectivity index (χ2n) is 4.35. The number of aryl methyl sites for hydroxylation is 1. The molecule has 17 heavy (non-hydrogen) atoms. The summed E-state index contributed by atoms with van der Waals surface area (Å²) in [6.07, 6.45) is 6.26. The van der Waals surface area contributed by atoms with Gasteiger partial charge in [0.25, 0.3) is 0 Å². The van der Waals surface area contributed by atoms with Gasteiger partial charge < -0.3 is 10.0 Å². The molecule has 5 nitrogen and oxygen atoms in total. The standard InChI is InChI=1S/C12H17N3O2/c1-9-6-13-8-14-12(9)10-4-2-3-5-15(10)11(17)7-16/h6,8,10,16H,2-5,7H2,1H3/t10-/m1/s1. The highest BCUT2D eigenvalue weighted by Gasteiger charge is 2.29. The van der Waals surface area contributed by atoms with Crippen LogP contribution >= 0.6 is 0 Å². The minimum absolute atomic E-state index is 0.00796. The fraction of sp³-hybridized carbons (Fsp3) is 0.583. The van der Waals surface area contributed by atoms with Crippen LogP contribution in [0.3, 0.4) is 0 Å². The van der Waals surface area contributed by atoms with Gasteiger partial charge in [0.1, 0.15) is 12.9 Å². The minimum atomic E-state index is -0.430. The van der Waals surface area contributed by atoms with Crippen LogP contribution in [0.5, 0.6) is 0 Å². The van der Waals surface area contributed by atoms with Crippen LogP contribution in [-0.2, 0) is 4.79 Å². The first kappa shape index (κ1) is 12.0. The zero-order valence-electron chi connectivity index (χ0n) is 9.96. The molecule has 2 heterocycles. The molecule has 1 saturated heterocycles. The van der Waals surface area contributed by atoms with Gasteiger partial charge in [0.15, 0.2) is 0 Å². The Hall–Kier alpha value is -1.49. The van der Waals surface area contributed by atoms with Gasteiger partial charge in [-0.05, 0) is 31.7 Å². The van der Waals surface area contributed by atoms with E-state index in [1.54, 1.807) is 11.1 Å². The van der Waals surface area contributed by atoms with Crippen LogP contribution in [0.2, 0.25) is 0 Å². The van der Waals surface area contributed by atoms with Crippen molar-refractivity contribution in [3.63, 3.8) is 0 Å². The summed E-state index contributed by atoms with van der Waals surface area (Å²) in [4.78, 5) is 21.7. The molecule has 92 valence electrons. The van der Waals surface area contributed by atoms with Gasteiger partial charge in [-0.15, -0.1) is 0 Å². The van der Waals surface area contributed by atoms with Crippen molar-refractivity contribution in [1.82, 2.24) is 14.9 Å². The zero-order valence-corrected chi connectivity index (χ0v) is 9.96. The number of aliphatic hydroxyl groups is 1. The lowest BCUT2D eigenvalue weighted by Gasteiger charge is -2.35. The monoisotopic (exact) mass is 235 g/mol. The van der Waals surface area contributed by atoms with Crippen molar-refractivity contribution in [2.24, 2.45) is 0 Å². The maximum atomic E-state index is 11.7. The van der Waals surface area contributed by atoms with Crippen LogP contribution < -0.4 is 0 Å². The Labute approximate surface area is 100 Å². The molecule has 1 amide bonds. The molecule has 0 radical (unpaired) electrons. The van der Waals surface area contributed by atoms with Crippen molar-refractivity contribution in [3.05, 3.63) is 23.8 Å². The number of piperidine rings is 1. The van der Waals surface area contributed by atoms with E-state index >= 15 is 0 Å². The quantitative estimate of drug-likeness (QED) is 0.824. The molecule has 0 bridgehead atoms. The van der Waals surface area contributed by atoms with E-state index in [0.29, 0.717) is 6.54 Å². The molecule has 5 heteroatoms. The lowest BCUT2D eigenvalue weighted by Crippen LogP contribution is -2.40. The summed E-state index contributed by atoms with van der Waals surface area (Å²) in [5.41, 5.74) is 1.90. The summed E-state index contributed by atoms with van der Waals surface area (Å²) in [5.74, 6) is -0.215. The van der Waals surface area contributed by atoms with Crippen molar-refractivity contribution >= 4 is 5.91 Å². The molecule has 0 aromatic carbocycles. The second-order valence-corrected chi connectivity index (χ2v) is 4.35. The van der Waals surface area contributed by atoms with Gasteiger partial charge in [0, 0.05) is 12.7 Å². The first-order chi connectivity index (χ1) is 8.24. The highest BCUT2D eigenvalue weighted by molar-refractivity contribution is 5.77. The highest BCUT2D eigenvalue weighted by Crippen LogP contribution is 2.30. The Morgan fingerprint density at radius 1 is 1.59 bits per heavy atom. The lowest BCUT2D eigenvalue weighted by atomic mass is 9.97. The van der Waals surface area contributed by atoms with E-state index in [1.165, 1.54) is 6.33 Å². The van der Waals surface area contributed by atoms with E-state index in [-0.39, 0.29) is 11.9 Å². The van der Waals surface area contributed by atoms with E-state index in [9.17, 15) is 4.79 Å². The highest BCUT2D eigenvalue weighted by atomic mass is 16.3. The Morgan fingerprint density at radius 3 is 3.12 bits per heavy atom. The number of aliphatic hydroxyl groups excluding tert-OH is 1. The fourth-order valence-electron chi connectivity index (χ4n) is 2.36. The third kappa shape index (κ3) is 2.44. The van der Waals surface area contributed by atoms with E-state index in [2.05, 4.69) is 9.97 Å². The fourth-order valence-corrected chi connectivity index (χ4v) is 2.36. The van der Waals surface area contributed by atoms with E-state index < -0.39 is 6.61 Å². The Bertz CT molecular complexity index is 408. The van der Waals surface area contributed by atoms with E-state index in [0.717, 1.165) is 30.5 Å². The Morgan fingerprint density at radius 2 is 2.41 bits per heavy atom. The molecule has 1 N–H and O–H groups in total. The summed E-state index contributed by atoms with van der Waals surface area (Å²) >= 11 is 0. The predicted octanol–water partition coefficient (Wildman–Crippen LogP) is 0.831. The summed E-state index contributed by atoms with van der Waals surface area (Å²) in [6.45, 7) is 2.22. The zero-order chi connectivity index (χ0) is 12.3. The number of likely N-dealkylation sites (tertiary alicyclic amines) is 1. The molecular weight excluding hydrogens is 218 g/mol. The van der Waals surface area contributed by atoms with Gasteiger partial charge in [0.2, 0.25) is 5.91 Å². The minimum Gasteiger partial charge on any atom is -0.387 e. The van der Waals surface area contributed by atoms with Crippen LogP contribution in [0.15, 0.2) is 12.5 Å². The van der Waals surface area contributed by atoms with Gasteiger partial charge in [-0.25, -0.2) is 9.97 Å². The van der Waals surface area contributed by atoms with Crippen molar-refractivity contribution in [2.45, 2.75) is 32.2 Å². The van der Waals surface area contributed by atoms with E-state index in [1.807, 2.05) is 6.92 Å². The largest absolute Gasteiger partial charge is 0.387 e. The number of aromatic nitrogens is 2. The number of rotatable bonds is 2. The molecular formula is C12H17N3O2. The van der Waals surface area contributed by atoms with Crippen molar-refractivity contribution in [1.29, 1.82) is 0 Å². The van der Waals surface area contributed by atoms with Crippen molar-refractivity contribution < 1.29 is 9.90 Å². The number of hydrogen-bond donors (Lipinski definition) is 1. The maximum Gasteiger partial charge on any atom is 0.248 e. The SMILES string of the molecule is Cc1cncnc1[C@H]1CCCCN1C(=O)CO. The molecule has 2 rings (SSSR count). The molecule has 0 aliphatic carbocycles. The molecule has 0 spiro atoms. The second kappa shape index (κ2) is 5.23. The average Bonchev–Trinajstić information content (AvgIpc) is 2.38. The number of carbonyl (C=O) groups is 1. The van der Waals surface area contributed by atoms with Crippen LogP contribution in [0.4, 0.5) is 0 Å². The van der Waals surface area contributed by atoms with Gasteiger partial charge in [-0.2, -0.15) is 0 Å². The Kier molecular flexibility index (Phi) is 3.68. The predicted molar refractivity (Wildman–Crippen MR) is 62.2 cm³/mol. The first-order valence-corrected chi connectivity index (χ1v) is 5.91. The smallest absolute Gasteiger partial charge is 0.248 e.